The highest BCUT2D eigenvalue weighted by atomic mass is 16.5. The van der Waals surface area contributed by atoms with Gasteiger partial charge in [-0.1, -0.05) is 35.9 Å². The topological polar surface area (TPSA) is 73.9 Å². The Hall–Kier alpha value is -3.54. The summed E-state index contributed by atoms with van der Waals surface area (Å²) < 4.78 is 15.9. The van der Waals surface area contributed by atoms with Gasteiger partial charge in [-0.05, 0) is 49.4 Å². The summed E-state index contributed by atoms with van der Waals surface area (Å²) in [6.07, 6.45) is 1.01. The van der Waals surface area contributed by atoms with E-state index in [9.17, 15) is 9.59 Å². The number of hydrogen-bond acceptors (Lipinski definition) is 6. The van der Waals surface area contributed by atoms with Crippen molar-refractivity contribution in [3.63, 3.8) is 0 Å². The van der Waals surface area contributed by atoms with Crippen molar-refractivity contribution >= 4 is 11.8 Å². The number of ketones is 1. The lowest BCUT2D eigenvalue weighted by atomic mass is 9.71. The molecule has 2 atom stereocenters. The first-order valence-electron chi connectivity index (χ1n) is 11.0. The molecule has 1 aliphatic heterocycles. The number of Topliss-reactive ketones (excluding diaryl/α,β-unsaturated/α-hetero) is 1. The number of ether oxygens (including phenoxy) is 3. The van der Waals surface area contributed by atoms with Gasteiger partial charge in [-0.25, -0.2) is 4.79 Å². The zero-order valence-electron chi connectivity index (χ0n) is 19.7. The molecule has 33 heavy (non-hydrogen) atoms. The van der Waals surface area contributed by atoms with E-state index in [-0.39, 0.29) is 11.7 Å². The van der Waals surface area contributed by atoms with E-state index in [0.29, 0.717) is 41.2 Å². The van der Waals surface area contributed by atoms with Crippen LogP contribution in [0.15, 0.2) is 65.0 Å². The first-order chi connectivity index (χ1) is 15.9. The summed E-state index contributed by atoms with van der Waals surface area (Å²) in [6.45, 7) is 3.87. The minimum absolute atomic E-state index is 0.00538. The summed E-state index contributed by atoms with van der Waals surface area (Å²) in [5.74, 6) is 0.444. The van der Waals surface area contributed by atoms with Gasteiger partial charge >= 0.3 is 5.97 Å². The minimum atomic E-state index is -0.451. The van der Waals surface area contributed by atoms with Crippen molar-refractivity contribution in [1.29, 1.82) is 0 Å². The average Bonchev–Trinajstić information content (AvgIpc) is 2.82. The second-order valence-corrected chi connectivity index (χ2v) is 8.54. The van der Waals surface area contributed by atoms with E-state index in [0.717, 1.165) is 22.4 Å². The number of hydrogen-bond donors (Lipinski definition) is 1. The van der Waals surface area contributed by atoms with Gasteiger partial charge in [-0.2, -0.15) is 0 Å². The first-order valence-corrected chi connectivity index (χ1v) is 11.0. The smallest absolute Gasteiger partial charge is 0.336 e. The number of carbonyl (C=O) groups excluding carboxylic acids is 2. The van der Waals surface area contributed by atoms with E-state index in [4.69, 9.17) is 14.2 Å². The van der Waals surface area contributed by atoms with E-state index < -0.39 is 11.9 Å². The van der Waals surface area contributed by atoms with Crippen molar-refractivity contribution in [3.05, 3.63) is 81.7 Å². The third-order valence-corrected chi connectivity index (χ3v) is 6.49. The normalized spacial score (nSPS) is 20.2. The van der Waals surface area contributed by atoms with Gasteiger partial charge in [0.25, 0.3) is 0 Å². The van der Waals surface area contributed by atoms with Crippen molar-refractivity contribution in [2.75, 3.05) is 21.3 Å². The molecule has 0 fully saturated rings. The Morgan fingerprint density at radius 2 is 1.70 bits per heavy atom. The zero-order valence-corrected chi connectivity index (χ0v) is 19.7. The highest BCUT2D eigenvalue weighted by Gasteiger charge is 2.41. The number of allylic oxidation sites excluding steroid dienone is 3. The fourth-order valence-electron chi connectivity index (χ4n) is 4.95. The predicted molar refractivity (Wildman–Crippen MR) is 125 cm³/mol. The molecule has 0 bridgehead atoms. The van der Waals surface area contributed by atoms with E-state index >= 15 is 0 Å². The lowest BCUT2D eigenvalue weighted by Gasteiger charge is -2.36. The number of methoxy groups -OCH3 is 3. The third-order valence-electron chi connectivity index (χ3n) is 6.49. The first kappa shape index (κ1) is 22.6. The quantitative estimate of drug-likeness (QED) is 0.678. The van der Waals surface area contributed by atoms with E-state index in [1.165, 1.54) is 7.11 Å². The molecule has 0 aromatic heterocycles. The summed E-state index contributed by atoms with van der Waals surface area (Å²) in [6, 6.07) is 13.7. The van der Waals surface area contributed by atoms with Gasteiger partial charge in [0.2, 0.25) is 0 Å². The molecule has 0 radical (unpaired) electrons. The van der Waals surface area contributed by atoms with Gasteiger partial charge < -0.3 is 19.5 Å². The lowest BCUT2D eigenvalue weighted by Crippen LogP contribution is -2.36. The molecule has 2 aromatic carbocycles. The van der Waals surface area contributed by atoms with Crippen LogP contribution in [0.3, 0.4) is 0 Å². The van der Waals surface area contributed by atoms with Crippen molar-refractivity contribution < 1.29 is 23.8 Å². The molecule has 0 spiro atoms. The molecule has 6 nitrogen and oxygen atoms in total. The van der Waals surface area contributed by atoms with Crippen molar-refractivity contribution in [1.82, 2.24) is 5.32 Å². The van der Waals surface area contributed by atoms with Crippen LogP contribution in [-0.4, -0.2) is 33.1 Å². The monoisotopic (exact) mass is 447 g/mol. The Balaban J connectivity index is 1.78. The summed E-state index contributed by atoms with van der Waals surface area (Å²) in [4.78, 5) is 26.4. The van der Waals surface area contributed by atoms with Crippen LogP contribution in [0.2, 0.25) is 0 Å². The number of aryl methyl sites for hydroxylation is 1. The van der Waals surface area contributed by atoms with Crippen LogP contribution in [0.4, 0.5) is 0 Å². The van der Waals surface area contributed by atoms with Crippen LogP contribution >= 0.6 is 0 Å². The standard InChI is InChI=1S/C27H29NO5/c1-15-7-6-8-18(11-15)25-24(27(30)33-5)16(2)28-20-12-19(13-21(29)26(20)25)17-9-10-22(31-3)23(14-17)32-4/h6-11,14,19,25,28H,12-13H2,1-5H3/t19-,25+/m1/s1. The van der Waals surface area contributed by atoms with Crippen LogP contribution < -0.4 is 14.8 Å². The number of esters is 1. The highest BCUT2D eigenvalue weighted by molar-refractivity contribution is 6.04. The molecule has 2 aromatic rings. The molecule has 4 rings (SSSR count). The molecule has 1 aliphatic carbocycles. The molecule has 0 amide bonds. The molecule has 1 heterocycles. The number of dihydropyridines is 1. The van der Waals surface area contributed by atoms with E-state index in [1.807, 2.05) is 56.3 Å². The molecule has 172 valence electrons. The molecular weight excluding hydrogens is 418 g/mol. The molecule has 6 heteroatoms. The third kappa shape index (κ3) is 4.13. The van der Waals surface area contributed by atoms with Crippen LogP contribution in [0.1, 0.15) is 48.3 Å². The summed E-state index contributed by atoms with van der Waals surface area (Å²) >= 11 is 0. The molecule has 2 aliphatic rings. The Morgan fingerprint density at radius 3 is 2.36 bits per heavy atom. The minimum Gasteiger partial charge on any atom is -0.493 e. The summed E-state index contributed by atoms with van der Waals surface area (Å²) in [7, 11) is 4.58. The Labute approximate surface area is 194 Å². The largest absolute Gasteiger partial charge is 0.493 e. The van der Waals surface area contributed by atoms with Gasteiger partial charge in [-0.15, -0.1) is 0 Å². The SMILES string of the molecule is COC(=O)C1=C(C)NC2=C(C(=O)C[C@H](c3ccc(OC)c(OC)c3)C2)[C@H]1c1cccc(C)c1. The molecular formula is C27H29NO5. The van der Waals surface area contributed by atoms with Crippen LogP contribution in [0.5, 0.6) is 11.5 Å². The Morgan fingerprint density at radius 1 is 0.939 bits per heavy atom. The summed E-state index contributed by atoms with van der Waals surface area (Å²) in [5, 5.41) is 3.36. The van der Waals surface area contributed by atoms with Gasteiger partial charge in [0.15, 0.2) is 17.3 Å². The van der Waals surface area contributed by atoms with Gasteiger partial charge in [-0.3, -0.25) is 4.79 Å². The molecule has 0 saturated carbocycles. The zero-order chi connectivity index (χ0) is 23.7. The average molecular weight is 448 g/mol. The summed E-state index contributed by atoms with van der Waals surface area (Å²) in [5.41, 5.74) is 5.73. The van der Waals surface area contributed by atoms with Crippen LogP contribution in [0.25, 0.3) is 0 Å². The van der Waals surface area contributed by atoms with Crippen LogP contribution in [-0.2, 0) is 14.3 Å². The van der Waals surface area contributed by atoms with E-state index in [2.05, 4.69) is 5.32 Å². The van der Waals surface area contributed by atoms with Crippen molar-refractivity contribution in [2.45, 2.75) is 38.5 Å². The molecule has 1 N–H and O–H groups in total. The fourth-order valence-corrected chi connectivity index (χ4v) is 4.95. The lowest BCUT2D eigenvalue weighted by molar-refractivity contribution is -0.136. The number of rotatable bonds is 5. The fraction of sp³-hybridized carbons (Fsp3) is 0.333. The maximum Gasteiger partial charge on any atom is 0.336 e. The molecule has 0 saturated heterocycles. The second-order valence-electron chi connectivity index (χ2n) is 8.54. The maximum atomic E-state index is 13.6. The molecule has 0 unspecified atom stereocenters. The highest BCUT2D eigenvalue weighted by Crippen LogP contribution is 2.46. The van der Waals surface area contributed by atoms with Gasteiger partial charge in [0, 0.05) is 29.3 Å². The van der Waals surface area contributed by atoms with E-state index in [1.54, 1.807) is 14.2 Å². The van der Waals surface area contributed by atoms with Crippen molar-refractivity contribution in [2.24, 2.45) is 0 Å². The predicted octanol–water partition coefficient (Wildman–Crippen LogP) is 4.55. The number of benzene rings is 2. The van der Waals surface area contributed by atoms with Crippen LogP contribution in [0, 0.1) is 6.92 Å². The second kappa shape index (κ2) is 9.14. The van der Waals surface area contributed by atoms with Gasteiger partial charge in [0.1, 0.15) is 0 Å². The number of nitrogens with one attached hydrogen (secondary N) is 1. The Kier molecular flexibility index (Phi) is 6.27. The van der Waals surface area contributed by atoms with Crippen molar-refractivity contribution in [3.8, 4) is 11.5 Å². The van der Waals surface area contributed by atoms with Gasteiger partial charge in [0.05, 0.1) is 26.9 Å². The maximum absolute atomic E-state index is 13.6. The Bertz CT molecular complexity index is 1180. The number of carbonyl (C=O) groups is 2.